The SMILES string of the molecule is CC(=N)OC(=N)COc1ccc(C(C)=N)cn1.OCc1ccc(C(F)(F)F)cc1. The fourth-order valence-electron chi connectivity index (χ4n) is 1.84. The van der Waals surface area contributed by atoms with E-state index in [9.17, 15) is 13.2 Å². The van der Waals surface area contributed by atoms with E-state index in [1.807, 2.05) is 0 Å². The molecule has 0 atom stereocenters. The van der Waals surface area contributed by atoms with Gasteiger partial charge in [-0.1, -0.05) is 12.1 Å². The van der Waals surface area contributed by atoms with Gasteiger partial charge < -0.3 is 20.0 Å². The van der Waals surface area contributed by atoms with Crippen LogP contribution in [-0.2, 0) is 17.5 Å². The summed E-state index contributed by atoms with van der Waals surface area (Å²) in [5.41, 5.74) is 0.932. The minimum absolute atomic E-state index is 0.0543. The number of nitrogens with one attached hydrogen (secondary N) is 3. The number of hydrogen-bond donors (Lipinski definition) is 4. The molecule has 156 valence electrons. The maximum absolute atomic E-state index is 12.0. The van der Waals surface area contributed by atoms with Gasteiger partial charge in [-0.05, 0) is 30.7 Å². The molecule has 0 aliphatic carbocycles. The third-order valence-electron chi connectivity index (χ3n) is 3.26. The summed E-state index contributed by atoms with van der Waals surface area (Å²) in [5, 5.41) is 30.3. The van der Waals surface area contributed by atoms with Crippen molar-refractivity contribution < 1.29 is 27.8 Å². The van der Waals surface area contributed by atoms with Crippen LogP contribution in [0.4, 0.5) is 13.2 Å². The molecule has 2 aromatic rings. The Balaban J connectivity index is 0.000000308. The largest absolute Gasteiger partial charge is 0.468 e. The van der Waals surface area contributed by atoms with Crippen molar-refractivity contribution in [2.24, 2.45) is 0 Å². The van der Waals surface area contributed by atoms with Crippen LogP contribution in [0.2, 0.25) is 0 Å². The fourth-order valence-corrected chi connectivity index (χ4v) is 1.84. The lowest BCUT2D eigenvalue weighted by Crippen LogP contribution is -2.16. The summed E-state index contributed by atoms with van der Waals surface area (Å²) in [7, 11) is 0. The molecule has 0 aliphatic rings. The van der Waals surface area contributed by atoms with Crippen LogP contribution < -0.4 is 4.74 Å². The molecule has 1 aromatic carbocycles. The van der Waals surface area contributed by atoms with Crippen molar-refractivity contribution in [3.05, 3.63) is 59.3 Å². The first-order valence-electron chi connectivity index (χ1n) is 8.24. The van der Waals surface area contributed by atoms with Crippen molar-refractivity contribution in [2.45, 2.75) is 26.6 Å². The number of hydrogen-bond acceptors (Lipinski definition) is 7. The Bertz CT molecular complexity index is 835. The average Bonchev–Trinajstić information content (AvgIpc) is 2.66. The average molecular weight is 410 g/mol. The summed E-state index contributed by atoms with van der Waals surface area (Å²) in [6.45, 7) is 2.80. The van der Waals surface area contributed by atoms with Crippen LogP contribution in [0, 0.1) is 16.2 Å². The van der Waals surface area contributed by atoms with Crippen LogP contribution in [0.25, 0.3) is 0 Å². The van der Waals surface area contributed by atoms with E-state index in [1.165, 1.54) is 25.3 Å². The molecule has 0 bridgehead atoms. The van der Waals surface area contributed by atoms with Crippen LogP contribution in [0.3, 0.4) is 0 Å². The van der Waals surface area contributed by atoms with Gasteiger partial charge in [-0.25, -0.2) is 4.98 Å². The van der Waals surface area contributed by atoms with E-state index in [0.29, 0.717) is 17.2 Å². The summed E-state index contributed by atoms with van der Waals surface area (Å²) in [6.07, 6.45) is -2.77. The highest BCUT2D eigenvalue weighted by atomic mass is 19.4. The Hall–Kier alpha value is -3.27. The van der Waals surface area contributed by atoms with Gasteiger partial charge in [0.1, 0.15) is 0 Å². The molecular formula is C19H21F3N4O3. The summed E-state index contributed by atoms with van der Waals surface area (Å²) < 4.78 is 45.8. The highest BCUT2D eigenvalue weighted by Crippen LogP contribution is 2.28. The minimum atomic E-state index is -4.30. The molecule has 0 spiro atoms. The van der Waals surface area contributed by atoms with Gasteiger partial charge in [0.25, 0.3) is 0 Å². The molecule has 7 nitrogen and oxygen atoms in total. The lowest BCUT2D eigenvalue weighted by Gasteiger charge is -2.07. The first kappa shape index (κ1) is 23.8. The summed E-state index contributed by atoms with van der Waals surface area (Å²) in [5.74, 6) is 0.152. The van der Waals surface area contributed by atoms with Crippen LogP contribution in [0.1, 0.15) is 30.5 Å². The lowest BCUT2D eigenvalue weighted by molar-refractivity contribution is -0.137. The van der Waals surface area contributed by atoms with Crippen molar-refractivity contribution in [2.75, 3.05) is 6.61 Å². The Morgan fingerprint density at radius 2 is 1.66 bits per heavy atom. The smallest absolute Gasteiger partial charge is 0.416 e. The number of halogens is 3. The van der Waals surface area contributed by atoms with E-state index in [0.717, 1.165) is 17.7 Å². The van der Waals surface area contributed by atoms with Gasteiger partial charge in [0.15, 0.2) is 12.5 Å². The zero-order valence-corrected chi connectivity index (χ0v) is 15.8. The number of aliphatic hydroxyl groups excluding tert-OH is 1. The molecule has 0 fully saturated rings. The molecule has 0 saturated carbocycles. The second kappa shape index (κ2) is 10.9. The third-order valence-corrected chi connectivity index (χ3v) is 3.26. The molecular weight excluding hydrogens is 389 g/mol. The van der Waals surface area contributed by atoms with E-state index in [1.54, 1.807) is 19.1 Å². The Morgan fingerprint density at radius 3 is 2.07 bits per heavy atom. The van der Waals surface area contributed by atoms with E-state index in [-0.39, 0.29) is 25.0 Å². The lowest BCUT2D eigenvalue weighted by atomic mass is 10.1. The number of aromatic nitrogens is 1. The Kier molecular flexibility index (Phi) is 8.94. The zero-order valence-electron chi connectivity index (χ0n) is 15.8. The first-order valence-corrected chi connectivity index (χ1v) is 8.24. The number of rotatable bonds is 5. The molecule has 0 saturated heterocycles. The van der Waals surface area contributed by atoms with Gasteiger partial charge in [0, 0.05) is 30.5 Å². The van der Waals surface area contributed by atoms with Crippen molar-refractivity contribution in [3.8, 4) is 5.88 Å². The summed E-state index contributed by atoms with van der Waals surface area (Å²) in [4.78, 5) is 3.98. The second-order valence-corrected chi connectivity index (χ2v) is 5.73. The van der Waals surface area contributed by atoms with E-state index < -0.39 is 11.7 Å². The van der Waals surface area contributed by atoms with E-state index in [2.05, 4.69) is 4.98 Å². The summed E-state index contributed by atoms with van der Waals surface area (Å²) >= 11 is 0. The number of ether oxygens (including phenoxy) is 2. The monoisotopic (exact) mass is 410 g/mol. The number of benzene rings is 1. The summed E-state index contributed by atoms with van der Waals surface area (Å²) in [6, 6.07) is 7.75. The van der Waals surface area contributed by atoms with Gasteiger partial charge in [-0.15, -0.1) is 0 Å². The van der Waals surface area contributed by atoms with Crippen LogP contribution in [0.5, 0.6) is 5.88 Å². The highest BCUT2D eigenvalue weighted by molar-refractivity contribution is 5.95. The zero-order chi connectivity index (χ0) is 22.0. The normalized spacial score (nSPS) is 10.4. The number of nitrogens with zero attached hydrogens (tertiary/aromatic N) is 1. The van der Waals surface area contributed by atoms with Gasteiger partial charge in [0.2, 0.25) is 11.8 Å². The van der Waals surface area contributed by atoms with Gasteiger partial charge in [-0.2, -0.15) is 13.2 Å². The molecule has 1 heterocycles. The minimum Gasteiger partial charge on any atom is -0.468 e. The standard InChI is InChI=1S/C11H14N4O2.C8H7F3O/c1-7(12)9-3-4-11(15-5-9)16-6-10(14)17-8(2)13;9-8(10,11)7-3-1-6(5-12)2-4-7/h3-5,12-14H,6H2,1-2H3;1-4,12H,5H2. The Labute approximate surface area is 165 Å². The van der Waals surface area contributed by atoms with Crippen LogP contribution in [0.15, 0.2) is 42.6 Å². The first-order chi connectivity index (χ1) is 13.5. The topological polar surface area (TPSA) is 123 Å². The maximum Gasteiger partial charge on any atom is 0.416 e. The molecule has 29 heavy (non-hydrogen) atoms. The fraction of sp³-hybridized carbons (Fsp3) is 0.263. The van der Waals surface area contributed by atoms with Gasteiger partial charge >= 0.3 is 6.18 Å². The van der Waals surface area contributed by atoms with E-state index >= 15 is 0 Å². The van der Waals surface area contributed by atoms with E-state index in [4.69, 9.17) is 30.8 Å². The maximum atomic E-state index is 12.0. The molecule has 0 radical (unpaired) electrons. The van der Waals surface area contributed by atoms with Crippen molar-refractivity contribution in [1.29, 1.82) is 16.2 Å². The number of alkyl halides is 3. The van der Waals surface area contributed by atoms with Gasteiger partial charge in [0.05, 0.1) is 12.2 Å². The quantitative estimate of drug-likeness (QED) is 0.439. The number of pyridine rings is 1. The molecule has 0 unspecified atom stereocenters. The predicted molar refractivity (Wildman–Crippen MR) is 102 cm³/mol. The molecule has 10 heteroatoms. The molecule has 2 rings (SSSR count). The van der Waals surface area contributed by atoms with Gasteiger partial charge in [-0.3, -0.25) is 10.8 Å². The molecule has 0 amide bonds. The van der Waals surface area contributed by atoms with Crippen molar-refractivity contribution >= 4 is 17.5 Å². The third kappa shape index (κ3) is 8.98. The Morgan fingerprint density at radius 1 is 1.03 bits per heavy atom. The molecule has 4 N–H and O–H groups in total. The van der Waals surface area contributed by atoms with Crippen LogP contribution in [-0.4, -0.2) is 34.2 Å². The molecule has 0 aliphatic heterocycles. The number of aliphatic hydroxyl groups is 1. The molecule has 1 aromatic heterocycles. The predicted octanol–water partition coefficient (Wildman–Crippen LogP) is 4.04. The highest BCUT2D eigenvalue weighted by Gasteiger charge is 2.29. The van der Waals surface area contributed by atoms with Crippen molar-refractivity contribution in [1.82, 2.24) is 4.98 Å². The second-order valence-electron chi connectivity index (χ2n) is 5.73. The van der Waals surface area contributed by atoms with Crippen LogP contribution >= 0.6 is 0 Å². The van der Waals surface area contributed by atoms with Crippen molar-refractivity contribution in [3.63, 3.8) is 0 Å².